The molecule has 2 heterocycles. The van der Waals surface area contributed by atoms with Crippen LogP contribution in [0.25, 0.3) is 0 Å². The van der Waals surface area contributed by atoms with Crippen LogP contribution in [0.5, 0.6) is 0 Å². The van der Waals surface area contributed by atoms with Crippen LogP contribution in [0.15, 0.2) is 18.3 Å². The molecule has 1 saturated heterocycles. The molecular weight excluding hydrogens is 320 g/mol. The van der Waals surface area contributed by atoms with E-state index in [0.29, 0.717) is 25.2 Å². The van der Waals surface area contributed by atoms with Crippen LogP contribution in [0, 0.1) is 5.41 Å². The molecule has 0 radical (unpaired) electrons. The van der Waals surface area contributed by atoms with Gasteiger partial charge in [-0.1, -0.05) is 20.8 Å². The third-order valence-corrected chi connectivity index (χ3v) is 3.94. The summed E-state index contributed by atoms with van der Waals surface area (Å²) < 4.78 is 5.33. The molecular formula is C18H28N4O3. The molecule has 25 heavy (non-hydrogen) atoms. The zero-order valence-corrected chi connectivity index (χ0v) is 15.3. The van der Waals surface area contributed by atoms with E-state index in [2.05, 4.69) is 20.5 Å². The highest BCUT2D eigenvalue weighted by Crippen LogP contribution is 2.16. The normalized spacial score (nSPS) is 14.9. The predicted octanol–water partition coefficient (Wildman–Crippen LogP) is 1.80. The van der Waals surface area contributed by atoms with Gasteiger partial charge in [-0.05, 0) is 18.6 Å². The number of anilines is 2. The molecule has 0 bridgehead atoms. The van der Waals surface area contributed by atoms with Crippen molar-refractivity contribution < 1.29 is 14.3 Å². The maximum atomic E-state index is 11.9. The lowest BCUT2D eigenvalue weighted by Gasteiger charge is -2.28. The van der Waals surface area contributed by atoms with Gasteiger partial charge in [0.2, 0.25) is 11.8 Å². The Kier molecular flexibility index (Phi) is 6.75. The number of amides is 2. The minimum absolute atomic E-state index is 0.00623. The Morgan fingerprint density at radius 1 is 1.24 bits per heavy atom. The summed E-state index contributed by atoms with van der Waals surface area (Å²) in [6, 6.07) is 3.77. The molecule has 0 saturated carbocycles. The molecule has 2 rings (SSSR count). The third-order valence-electron chi connectivity index (χ3n) is 3.94. The molecule has 0 aliphatic carbocycles. The lowest BCUT2D eigenvalue weighted by atomic mass is 9.96. The number of hydrogen-bond donors (Lipinski definition) is 2. The van der Waals surface area contributed by atoms with Gasteiger partial charge in [-0.2, -0.15) is 0 Å². The number of hydrogen-bond acceptors (Lipinski definition) is 5. The predicted molar refractivity (Wildman–Crippen MR) is 97.6 cm³/mol. The first-order valence-electron chi connectivity index (χ1n) is 8.73. The Hall–Kier alpha value is -2.15. The number of morpholine rings is 1. The van der Waals surface area contributed by atoms with Crippen LogP contribution in [-0.4, -0.2) is 49.6 Å². The van der Waals surface area contributed by atoms with E-state index in [1.54, 1.807) is 6.20 Å². The van der Waals surface area contributed by atoms with E-state index < -0.39 is 5.41 Å². The van der Waals surface area contributed by atoms with Gasteiger partial charge in [-0.15, -0.1) is 0 Å². The van der Waals surface area contributed by atoms with Crippen LogP contribution >= 0.6 is 0 Å². The second-order valence-corrected chi connectivity index (χ2v) is 7.16. The molecule has 2 N–H and O–H groups in total. The van der Waals surface area contributed by atoms with Crippen molar-refractivity contribution in [2.75, 3.05) is 43.1 Å². The summed E-state index contributed by atoms with van der Waals surface area (Å²) in [6.07, 6.45) is 2.71. The number of nitrogens with zero attached hydrogens (tertiary/aromatic N) is 2. The van der Waals surface area contributed by atoms with Crippen molar-refractivity contribution in [2.24, 2.45) is 5.41 Å². The Morgan fingerprint density at radius 2 is 1.96 bits per heavy atom. The van der Waals surface area contributed by atoms with E-state index in [9.17, 15) is 9.59 Å². The minimum atomic E-state index is -0.408. The molecule has 7 nitrogen and oxygen atoms in total. The van der Waals surface area contributed by atoms with Crippen LogP contribution in [0.4, 0.5) is 11.5 Å². The molecule has 1 aromatic heterocycles. The van der Waals surface area contributed by atoms with Gasteiger partial charge in [0.1, 0.15) is 5.82 Å². The van der Waals surface area contributed by atoms with Crippen LogP contribution in [0.3, 0.4) is 0 Å². The molecule has 138 valence electrons. The molecule has 0 unspecified atom stereocenters. The van der Waals surface area contributed by atoms with Gasteiger partial charge in [0.25, 0.3) is 0 Å². The topological polar surface area (TPSA) is 83.6 Å². The van der Waals surface area contributed by atoms with E-state index in [4.69, 9.17) is 4.74 Å². The SMILES string of the molecule is CC(C)(C)C(=O)NCCCC(=O)Nc1ccc(N2CCOCC2)cn1. The van der Waals surface area contributed by atoms with E-state index in [1.165, 1.54) is 0 Å². The first-order valence-corrected chi connectivity index (χ1v) is 8.73. The number of nitrogens with one attached hydrogen (secondary N) is 2. The zero-order valence-electron chi connectivity index (χ0n) is 15.3. The standard InChI is InChI=1S/C18H28N4O3/c1-18(2,3)17(24)19-8-4-5-16(23)21-15-7-6-14(13-20-15)22-9-11-25-12-10-22/h6-7,13H,4-5,8-12H2,1-3H3,(H,19,24)(H,20,21,23). The van der Waals surface area contributed by atoms with Gasteiger partial charge >= 0.3 is 0 Å². The first-order chi connectivity index (χ1) is 11.9. The average Bonchev–Trinajstić information content (AvgIpc) is 2.59. The summed E-state index contributed by atoms with van der Waals surface area (Å²) >= 11 is 0. The Labute approximate surface area is 149 Å². The maximum absolute atomic E-state index is 11.9. The molecule has 1 aliphatic rings. The van der Waals surface area contributed by atoms with Gasteiger partial charge < -0.3 is 20.3 Å². The van der Waals surface area contributed by atoms with Crippen LogP contribution in [0.1, 0.15) is 33.6 Å². The molecule has 1 fully saturated rings. The van der Waals surface area contributed by atoms with Crippen LogP contribution in [0.2, 0.25) is 0 Å². The van der Waals surface area contributed by atoms with Crippen molar-refractivity contribution in [2.45, 2.75) is 33.6 Å². The number of pyridine rings is 1. The zero-order chi connectivity index (χ0) is 18.3. The largest absolute Gasteiger partial charge is 0.378 e. The highest BCUT2D eigenvalue weighted by Gasteiger charge is 2.20. The average molecular weight is 348 g/mol. The Bertz CT molecular complexity index is 575. The van der Waals surface area contributed by atoms with Crippen molar-refractivity contribution in [3.8, 4) is 0 Å². The van der Waals surface area contributed by atoms with E-state index in [0.717, 1.165) is 32.0 Å². The first kappa shape index (κ1) is 19.2. The summed E-state index contributed by atoms with van der Waals surface area (Å²) in [7, 11) is 0. The fraction of sp³-hybridized carbons (Fsp3) is 0.611. The summed E-state index contributed by atoms with van der Waals surface area (Å²) in [4.78, 5) is 30.2. The van der Waals surface area contributed by atoms with E-state index >= 15 is 0 Å². The monoisotopic (exact) mass is 348 g/mol. The minimum Gasteiger partial charge on any atom is -0.378 e. The summed E-state index contributed by atoms with van der Waals surface area (Å²) in [5.74, 6) is 0.436. The van der Waals surface area contributed by atoms with Crippen molar-refractivity contribution in [3.05, 3.63) is 18.3 Å². The summed E-state index contributed by atoms with van der Waals surface area (Å²) in [5, 5.41) is 5.62. The Morgan fingerprint density at radius 3 is 2.56 bits per heavy atom. The van der Waals surface area contributed by atoms with Crippen molar-refractivity contribution >= 4 is 23.3 Å². The van der Waals surface area contributed by atoms with Crippen molar-refractivity contribution in [1.29, 1.82) is 0 Å². The highest BCUT2D eigenvalue weighted by molar-refractivity contribution is 5.89. The fourth-order valence-corrected chi connectivity index (χ4v) is 2.39. The van der Waals surface area contributed by atoms with Crippen molar-refractivity contribution in [3.63, 3.8) is 0 Å². The molecule has 1 aliphatic heterocycles. The highest BCUT2D eigenvalue weighted by atomic mass is 16.5. The molecule has 2 amide bonds. The number of carbonyl (C=O) groups excluding carboxylic acids is 2. The van der Waals surface area contributed by atoms with E-state index in [-0.39, 0.29) is 11.8 Å². The van der Waals surface area contributed by atoms with E-state index in [1.807, 2.05) is 32.9 Å². The molecule has 0 atom stereocenters. The third kappa shape index (κ3) is 6.34. The van der Waals surface area contributed by atoms with Gasteiger partial charge in [0.05, 0.1) is 25.1 Å². The molecule has 1 aromatic rings. The smallest absolute Gasteiger partial charge is 0.225 e. The van der Waals surface area contributed by atoms with Gasteiger partial charge in [0, 0.05) is 31.5 Å². The molecule has 7 heteroatoms. The van der Waals surface area contributed by atoms with Crippen LogP contribution in [-0.2, 0) is 14.3 Å². The van der Waals surface area contributed by atoms with Gasteiger partial charge in [0.15, 0.2) is 0 Å². The lowest BCUT2D eigenvalue weighted by Crippen LogP contribution is -2.36. The second-order valence-electron chi connectivity index (χ2n) is 7.16. The fourth-order valence-electron chi connectivity index (χ4n) is 2.39. The number of carbonyl (C=O) groups is 2. The summed E-state index contributed by atoms with van der Waals surface area (Å²) in [6.45, 7) is 9.24. The number of aromatic nitrogens is 1. The lowest BCUT2D eigenvalue weighted by molar-refractivity contribution is -0.128. The maximum Gasteiger partial charge on any atom is 0.225 e. The van der Waals surface area contributed by atoms with Crippen LogP contribution < -0.4 is 15.5 Å². The second kappa shape index (κ2) is 8.80. The number of ether oxygens (including phenoxy) is 1. The van der Waals surface area contributed by atoms with Gasteiger partial charge in [-0.25, -0.2) is 4.98 Å². The Balaban J connectivity index is 1.70. The van der Waals surface area contributed by atoms with Crippen molar-refractivity contribution in [1.82, 2.24) is 10.3 Å². The van der Waals surface area contributed by atoms with Gasteiger partial charge in [-0.3, -0.25) is 9.59 Å². The summed E-state index contributed by atoms with van der Waals surface area (Å²) in [5.41, 5.74) is 0.625. The molecule has 0 spiro atoms. The molecule has 0 aromatic carbocycles. The number of rotatable bonds is 6. The quantitative estimate of drug-likeness (QED) is 0.766.